The number of ether oxygens (including phenoxy) is 1. The predicted octanol–water partition coefficient (Wildman–Crippen LogP) is 16.4. The third-order valence-corrected chi connectivity index (χ3v) is 13.3. The number of nitrogens with one attached hydrogen (secondary N) is 1. The fourth-order valence-corrected chi connectivity index (χ4v) is 8.73. The van der Waals surface area contributed by atoms with E-state index in [0.717, 1.165) is 77.0 Å². The molecular formula is C56H108N2O7P+. The van der Waals surface area contributed by atoms with Crippen LogP contribution in [0.4, 0.5) is 0 Å². The molecule has 10 heteroatoms. The molecule has 0 aliphatic heterocycles. The molecule has 0 spiro atoms. The van der Waals surface area contributed by atoms with Crippen LogP contribution in [-0.2, 0) is 27.9 Å². The number of amides is 1. The zero-order valence-electron chi connectivity index (χ0n) is 44.2. The first-order chi connectivity index (χ1) is 31.9. The molecule has 1 amide bonds. The molecule has 388 valence electrons. The van der Waals surface area contributed by atoms with Crippen molar-refractivity contribution >= 4 is 19.7 Å². The van der Waals surface area contributed by atoms with Crippen LogP contribution in [0.5, 0.6) is 0 Å². The number of esters is 1. The fraction of sp³-hybridized carbons (Fsp3) is 0.857. The van der Waals surface area contributed by atoms with Gasteiger partial charge in [0, 0.05) is 12.8 Å². The Morgan fingerprint density at radius 3 is 1.36 bits per heavy atom. The topological polar surface area (TPSA) is 111 Å². The molecule has 0 radical (unpaired) electrons. The third kappa shape index (κ3) is 47.3. The average Bonchev–Trinajstić information content (AvgIpc) is 3.27. The monoisotopic (exact) mass is 952 g/mol. The molecule has 0 aliphatic carbocycles. The number of phosphoric acid groups is 1. The van der Waals surface area contributed by atoms with Crippen LogP contribution in [0.2, 0.25) is 0 Å². The molecule has 0 bridgehead atoms. The molecule has 0 heterocycles. The van der Waals surface area contributed by atoms with Crippen LogP contribution >= 0.6 is 7.82 Å². The Bertz CT molecular complexity index is 1230. The first-order valence-corrected chi connectivity index (χ1v) is 29.3. The van der Waals surface area contributed by atoms with Gasteiger partial charge in [0.05, 0.1) is 33.8 Å². The number of hydrogen-bond acceptors (Lipinski definition) is 6. The number of carbonyl (C=O) groups is 2. The first kappa shape index (κ1) is 64.2. The van der Waals surface area contributed by atoms with E-state index in [1.165, 1.54) is 148 Å². The van der Waals surface area contributed by atoms with E-state index in [1.807, 2.05) is 33.3 Å². The number of unbranched alkanes of at least 4 members (excludes halogenated alkanes) is 31. The molecule has 0 saturated heterocycles. The molecule has 0 aliphatic rings. The second kappa shape index (κ2) is 46.9. The quantitative estimate of drug-likeness (QED) is 0.0156. The lowest BCUT2D eigenvalue weighted by atomic mass is 10.0. The Morgan fingerprint density at radius 2 is 0.909 bits per heavy atom. The lowest BCUT2D eigenvalue weighted by Crippen LogP contribution is -2.47. The van der Waals surface area contributed by atoms with Crippen LogP contribution < -0.4 is 5.32 Å². The highest BCUT2D eigenvalue weighted by Crippen LogP contribution is 2.43. The van der Waals surface area contributed by atoms with Crippen LogP contribution in [0, 0.1) is 0 Å². The van der Waals surface area contributed by atoms with Gasteiger partial charge >= 0.3 is 13.8 Å². The molecule has 0 saturated carbocycles. The Balaban J connectivity index is 5.39. The highest BCUT2D eigenvalue weighted by atomic mass is 31.2. The SMILES string of the molecule is CCCCC/C=C/C=C/CCCCCCCCC(=O)OC(/C=C/CCCCCCCCCCCC)C(COP(=O)(O)OCC[N+](C)(C)C)NC(=O)CCCCCCCCCCCCCCC. The van der Waals surface area contributed by atoms with Crippen molar-refractivity contribution in [2.45, 2.75) is 270 Å². The summed E-state index contributed by atoms with van der Waals surface area (Å²) in [5.41, 5.74) is 0. The van der Waals surface area contributed by atoms with Gasteiger partial charge in [-0.25, -0.2) is 4.57 Å². The van der Waals surface area contributed by atoms with Gasteiger partial charge in [-0.15, -0.1) is 0 Å². The minimum atomic E-state index is -4.44. The van der Waals surface area contributed by atoms with Crippen molar-refractivity contribution in [2.24, 2.45) is 0 Å². The van der Waals surface area contributed by atoms with Gasteiger partial charge in [-0.3, -0.25) is 18.6 Å². The number of hydrogen-bond donors (Lipinski definition) is 2. The number of nitrogens with zero attached hydrogens (tertiary/aromatic N) is 1. The van der Waals surface area contributed by atoms with Gasteiger partial charge in [0.2, 0.25) is 5.91 Å². The maximum atomic E-state index is 13.5. The zero-order valence-corrected chi connectivity index (χ0v) is 45.1. The number of carbonyl (C=O) groups excluding carboxylic acids is 2. The van der Waals surface area contributed by atoms with Crippen LogP contribution in [0.1, 0.15) is 258 Å². The van der Waals surface area contributed by atoms with Gasteiger partial charge in [0.1, 0.15) is 19.3 Å². The smallest absolute Gasteiger partial charge is 0.456 e. The van der Waals surface area contributed by atoms with E-state index < -0.39 is 20.0 Å². The summed E-state index contributed by atoms with van der Waals surface area (Å²) in [6.07, 6.45) is 54.1. The van der Waals surface area contributed by atoms with E-state index in [4.69, 9.17) is 13.8 Å². The summed E-state index contributed by atoms with van der Waals surface area (Å²) >= 11 is 0. The van der Waals surface area contributed by atoms with Gasteiger partial charge in [0.25, 0.3) is 0 Å². The molecule has 0 aromatic heterocycles. The Morgan fingerprint density at radius 1 is 0.530 bits per heavy atom. The minimum absolute atomic E-state index is 0.0401. The van der Waals surface area contributed by atoms with Crippen molar-refractivity contribution in [3.63, 3.8) is 0 Å². The number of quaternary nitrogens is 1. The van der Waals surface area contributed by atoms with Crippen molar-refractivity contribution in [2.75, 3.05) is 40.9 Å². The van der Waals surface area contributed by atoms with Crippen molar-refractivity contribution < 1.29 is 37.3 Å². The molecule has 3 unspecified atom stereocenters. The minimum Gasteiger partial charge on any atom is -0.456 e. The Hall–Kier alpha value is -1.77. The maximum Gasteiger partial charge on any atom is 0.472 e. The number of likely N-dealkylation sites (N-methyl/N-ethyl adjacent to an activating group) is 1. The van der Waals surface area contributed by atoms with Gasteiger partial charge < -0.3 is 19.4 Å². The lowest BCUT2D eigenvalue weighted by Gasteiger charge is -2.27. The van der Waals surface area contributed by atoms with Crippen molar-refractivity contribution in [3.05, 3.63) is 36.5 Å². The summed E-state index contributed by atoms with van der Waals surface area (Å²) in [5, 5.41) is 3.04. The summed E-state index contributed by atoms with van der Waals surface area (Å²) in [7, 11) is 1.50. The van der Waals surface area contributed by atoms with Crippen LogP contribution in [0.25, 0.3) is 0 Å². The summed E-state index contributed by atoms with van der Waals surface area (Å²) in [5.74, 6) is -0.512. The van der Waals surface area contributed by atoms with Crippen LogP contribution in [-0.4, -0.2) is 74.3 Å². The number of rotatable bonds is 50. The van der Waals surface area contributed by atoms with Crippen LogP contribution in [0.15, 0.2) is 36.5 Å². The lowest BCUT2D eigenvalue weighted by molar-refractivity contribution is -0.870. The third-order valence-electron chi connectivity index (χ3n) is 12.4. The average molecular weight is 952 g/mol. The standard InChI is InChI=1S/C56H107N2O7P/c1-7-10-13-16-19-22-25-28-29-31-34-37-40-43-46-49-56(60)65-54(47-44-41-38-35-32-27-24-21-18-15-12-9-3)53(52-64-66(61,62)63-51-50-58(4,5)6)57-55(59)48-45-42-39-36-33-30-26-23-20-17-14-11-8-2/h19,22,25,28,44,47,53-54H,7-18,20-21,23-24,26-27,29-43,45-46,48-52H2,1-6H3,(H-,57,59,61,62)/p+1/b22-19+,28-25+,47-44+. The number of allylic oxidation sites excluding steroid dienone is 5. The predicted molar refractivity (Wildman–Crippen MR) is 282 cm³/mol. The van der Waals surface area contributed by atoms with E-state index in [0.29, 0.717) is 17.4 Å². The van der Waals surface area contributed by atoms with Gasteiger partial charge in [-0.1, -0.05) is 225 Å². The molecule has 0 fully saturated rings. The molecule has 0 aromatic rings. The van der Waals surface area contributed by atoms with Gasteiger partial charge in [-0.2, -0.15) is 0 Å². The number of phosphoric ester groups is 1. The maximum absolute atomic E-state index is 13.5. The van der Waals surface area contributed by atoms with E-state index in [9.17, 15) is 19.0 Å². The van der Waals surface area contributed by atoms with Crippen LogP contribution in [0.3, 0.4) is 0 Å². The summed E-state index contributed by atoms with van der Waals surface area (Å²) in [4.78, 5) is 37.5. The van der Waals surface area contributed by atoms with Crippen molar-refractivity contribution in [1.82, 2.24) is 5.32 Å². The van der Waals surface area contributed by atoms with Crippen molar-refractivity contribution in [1.29, 1.82) is 0 Å². The summed E-state index contributed by atoms with van der Waals surface area (Å²) in [6.45, 7) is 6.98. The summed E-state index contributed by atoms with van der Waals surface area (Å²) < 4.78 is 30.6. The van der Waals surface area contributed by atoms with Crippen molar-refractivity contribution in [3.8, 4) is 0 Å². The molecule has 0 rings (SSSR count). The zero-order chi connectivity index (χ0) is 48.7. The molecule has 66 heavy (non-hydrogen) atoms. The van der Waals surface area contributed by atoms with E-state index >= 15 is 0 Å². The molecule has 0 aromatic carbocycles. The molecular weight excluding hydrogens is 844 g/mol. The normalized spacial score (nSPS) is 14.1. The van der Waals surface area contributed by atoms with Gasteiger partial charge in [0.15, 0.2) is 0 Å². The highest BCUT2D eigenvalue weighted by Gasteiger charge is 2.30. The molecule has 2 N–H and O–H groups in total. The van der Waals surface area contributed by atoms with E-state index in [1.54, 1.807) is 0 Å². The molecule has 9 nitrogen and oxygen atoms in total. The highest BCUT2D eigenvalue weighted by molar-refractivity contribution is 7.47. The van der Waals surface area contributed by atoms with E-state index in [2.05, 4.69) is 50.4 Å². The van der Waals surface area contributed by atoms with E-state index in [-0.39, 0.29) is 31.5 Å². The largest absolute Gasteiger partial charge is 0.472 e. The summed E-state index contributed by atoms with van der Waals surface area (Å²) in [6, 6.07) is -0.847. The second-order valence-electron chi connectivity index (χ2n) is 20.1. The molecule has 3 atom stereocenters. The Labute approximate surface area is 408 Å². The second-order valence-corrected chi connectivity index (χ2v) is 21.6. The Kier molecular flexibility index (Phi) is 45.7. The fourth-order valence-electron chi connectivity index (χ4n) is 7.99. The first-order valence-electron chi connectivity index (χ1n) is 27.8. The van der Waals surface area contributed by atoms with Gasteiger partial charge in [-0.05, 0) is 57.4 Å².